The fraction of sp³-hybridized carbons (Fsp3) is 0.364. The molecule has 0 saturated carbocycles. The Balaban J connectivity index is 3.04. The first-order valence-electron chi connectivity index (χ1n) is 4.43. The van der Waals surface area contributed by atoms with Gasteiger partial charge in [0.15, 0.2) is 0 Å². The van der Waals surface area contributed by atoms with Crippen LogP contribution in [0.2, 0.25) is 0 Å². The van der Waals surface area contributed by atoms with Crippen LogP contribution in [0, 0.1) is 11.2 Å². The van der Waals surface area contributed by atoms with Gasteiger partial charge in [0.25, 0.3) is 0 Å². The van der Waals surface area contributed by atoms with Crippen molar-refractivity contribution in [2.45, 2.75) is 6.18 Å². The zero-order valence-corrected chi connectivity index (χ0v) is 10.0. The molecule has 5 heteroatoms. The molecule has 0 aliphatic rings. The summed E-state index contributed by atoms with van der Waals surface area (Å²) in [5, 5.41) is 2.96. The van der Waals surface area contributed by atoms with Crippen LogP contribution in [0.4, 0.5) is 13.2 Å². The minimum atomic E-state index is -4.41. The van der Waals surface area contributed by atoms with Crippen LogP contribution in [0.25, 0.3) is 0 Å². The van der Waals surface area contributed by atoms with E-state index in [-0.39, 0.29) is 0 Å². The second-order valence-electron chi connectivity index (χ2n) is 3.99. The monoisotopic (exact) mass is 247 g/mol. The Morgan fingerprint density at radius 3 is 2.38 bits per heavy atom. The number of hydrogen-bond acceptors (Lipinski definition) is 1. The molecule has 1 heterocycles. The van der Waals surface area contributed by atoms with Gasteiger partial charge >= 0.3 is 6.18 Å². The molecule has 0 unspecified atom stereocenters. The van der Waals surface area contributed by atoms with Gasteiger partial charge in [-0.2, -0.15) is 23.2 Å². The van der Waals surface area contributed by atoms with E-state index in [4.69, 9.17) is 0 Å². The van der Waals surface area contributed by atoms with Crippen molar-refractivity contribution in [3.05, 3.63) is 29.6 Å². The molecule has 0 saturated heterocycles. The maximum Gasteiger partial charge on any atom is 0.433 e. The molecule has 88 valence electrons. The second-order valence-corrected chi connectivity index (χ2v) is 7.87. The third-order valence-corrected chi connectivity index (χ3v) is 2.27. The van der Waals surface area contributed by atoms with E-state index in [1.54, 1.807) is 0 Å². The molecule has 1 aromatic rings. The van der Waals surface area contributed by atoms with Crippen LogP contribution in [0.1, 0.15) is 11.3 Å². The highest BCUT2D eigenvalue weighted by Gasteiger charge is 2.32. The van der Waals surface area contributed by atoms with Gasteiger partial charge in [-0.15, -0.1) is 0 Å². The average molecular weight is 247 g/mol. The highest BCUT2D eigenvalue weighted by atomic mass is 32.3. The minimum absolute atomic E-state index is 0.352. The van der Waals surface area contributed by atoms with Crippen molar-refractivity contribution in [2.75, 3.05) is 18.8 Å². The van der Waals surface area contributed by atoms with Crippen LogP contribution >= 0.6 is 10.0 Å². The number of rotatable bonds is 0. The van der Waals surface area contributed by atoms with E-state index in [0.29, 0.717) is 5.56 Å². The number of aromatic nitrogens is 1. The van der Waals surface area contributed by atoms with Crippen molar-refractivity contribution in [1.29, 1.82) is 0 Å². The zero-order valence-electron chi connectivity index (χ0n) is 9.22. The summed E-state index contributed by atoms with van der Waals surface area (Å²) < 4.78 is 37.0. The standard InChI is InChI=1S/C11H12F3NS/c1-16(2,3)7-5-9-4-6-15-10(8-9)11(12,13)14/h4,6,8H,1-3H3. The van der Waals surface area contributed by atoms with E-state index in [1.165, 1.54) is 6.07 Å². The number of halogens is 3. The van der Waals surface area contributed by atoms with E-state index in [2.05, 4.69) is 16.2 Å². The molecule has 0 amide bonds. The van der Waals surface area contributed by atoms with Gasteiger partial charge in [-0.25, -0.2) is 0 Å². The van der Waals surface area contributed by atoms with Crippen LogP contribution in [0.15, 0.2) is 18.3 Å². The normalized spacial score (nSPS) is 12.9. The maximum atomic E-state index is 12.3. The largest absolute Gasteiger partial charge is 0.433 e. The van der Waals surface area contributed by atoms with Crippen molar-refractivity contribution < 1.29 is 13.2 Å². The van der Waals surface area contributed by atoms with Crippen molar-refractivity contribution in [3.8, 4) is 11.2 Å². The van der Waals surface area contributed by atoms with Gasteiger partial charge in [0, 0.05) is 11.8 Å². The van der Waals surface area contributed by atoms with Crippen LogP contribution in [-0.4, -0.2) is 23.8 Å². The Hall–Kier alpha value is -1.15. The van der Waals surface area contributed by atoms with Crippen molar-refractivity contribution in [3.63, 3.8) is 0 Å². The molecule has 0 aliphatic carbocycles. The van der Waals surface area contributed by atoms with Gasteiger partial charge in [-0.3, -0.25) is 4.98 Å². The molecular weight excluding hydrogens is 235 g/mol. The minimum Gasteiger partial charge on any atom is -0.252 e. The van der Waals surface area contributed by atoms with Gasteiger partial charge in [0.05, 0.1) is 0 Å². The van der Waals surface area contributed by atoms with Crippen LogP contribution in [0.5, 0.6) is 0 Å². The lowest BCUT2D eigenvalue weighted by atomic mass is 10.2. The van der Waals surface area contributed by atoms with Crippen LogP contribution in [-0.2, 0) is 6.18 Å². The molecule has 0 radical (unpaired) electrons. The topological polar surface area (TPSA) is 12.9 Å². The smallest absolute Gasteiger partial charge is 0.252 e. The molecule has 0 aromatic carbocycles. The first kappa shape index (κ1) is 12.9. The average Bonchev–Trinajstić information content (AvgIpc) is 2.13. The summed E-state index contributed by atoms with van der Waals surface area (Å²) in [5.41, 5.74) is -0.548. The van der Waals surface area contributed by atoms with Crippen LogP contribution in [0.3, 0.4) is 0 Å². The molecule has 0 spiro atoms. The molecule has 1 aromatic heterocycles. The summed E-state index contributed by atoms with van der Waals surface area (Å²) >= 11 is 0. The number of nitrogens with zero attached hydrogens (tertiary/aromatic N) is 1. The molecule has 0 aliphatic heterocycles. The quantitative estimate of drug-likeness (QED) is 0.642. The van der Waals surface area contributed by atoms with Crippen LogP contribution < -0.4 is 0 Å². The van der Waals surface area contributed by atoms with E-state index in [1.807, 2.05) is 18.8 Å². The predicted molar refractivity (Wildman–Crippen MR) is 61.5 cm³/mol. The molecule has 0 fully saturated rings. The highest BCUT2D eigenvalue weighted by Crippen LogP contribution is 2.32. The fourth-order valence-corrected chi connectivity index (χ4v) is 1.30. The molecule has 1 rings (SSSR count). The Morgan fingerprint density at radius 1 is 1.25 bits per heavy atom. The highest BCUT2D eigenvalue weighted by molar-refractivity contribution is 8.35. The molecular formula is C11H12F3NS. The Bertz CT molecular complexity index is 435. The predicted octanol–water partition coefficient (Wildman–Crippen LogP) is 3.10. The molecule has 1 nitrogen and oxygen atoms in total. The summed E-state index contributed by atoms with van der Waals surface area (Å²) in [5.74, 6) is 2.74. The van der Waals surface area contributed by atoms with Crippen molar-refractivity contribution >= 4 is 10.0 Å². The SMILES string of the molecule is CS(C)(C)C#Cc1ccnc(C(F)(F)F)c1. The van der Waals surface area contributed by atoms with Crippen molar-refractivity contribution in [1.82, 2.24) is 4.98 Å². The Labute approximate surface area is 94.4 Å². The molecule has 0 atom stereocenters. The Morgan fingerprint density at radius 2 is 1.88 bits per heavy atom. The van der Waals surface area contributed by atoms with E-state index < -0.39 is 21.9 Å². The van der Waals surface area contributed by atoms with Gasteiger partial charge in [-0.1, -0.05) is 5.92 Å². The summed E-state index contributed by atoms with van der Waals surface area (Å²) in [6, 6.07) is 2.45. The van der Waals surface area contributed by atoms with E-state index >= 15 is 0 Å². The maximum absolute atomic E-state index is 12.3. The van der Waals surface area contributed by atoms with Gasteiger partial charge < -0.3 is 0 Å². The first-order valence-corrected chi connectivity index (χ1v) is 7.28. The number of hydrogen-bond donors (Lipinski definition) is 0. The fourth-order valence-electron chi connectivity index (χ4n) is 0.875. The van der Waals surface area contributed by atoms with Crippen molar-refractivity contribution in [2.24, 2.45) is 0 Å². The molecule has 16 heavy (non-hydrogen) atoms. The third-order valence-electron chi connectivity index (χ3n) is 1.55. The summed E-state index contributed by atoms with van der Waals surface area (Å²) in [6.07, 6.45) is 2.65. The van der Waals surface area contributed by atoms with Gasteiger partial charge in [-0.05, 0) is 36.2 Å². The summed E-state index contributed by atoms with van der Waals surface area (Å²) in [7, 11) is -1.03. The van der Waals surface area contributed by atoms with E-state index in [9.17, 15) is 13.2 Å². The lowest BCUT2D eigenvalue weighted by Gasteiger charge is -2.14. The summed E-state index contributed by atoms with van der Waals surface area (Å²) in [6.45, 7) is 0. The lowest BCUT2D eigenvalue weighted by Crippen LogP contribution is -2.07. The van der Waals surface area contributed by atoms with E-state index in [0.717, 1.165) is 12.3 Å². The Kier molecular flexibility index (Phi) is 3.54. The summed E-state index contributed by atoms with van der Waals surface area (Å²) in [4.78, 5) is 3.27. The second kappa shape index (κ2) is 4.38. The molecule has 0 bridgehead atoms. The number of pyridine rings is 1. The first-order chi connectivity index (χ1) is 7.18. The third kappa shape index (κ3) is 4.15. The number of alkyl halides is 3. The zero-order chi connectivity index (χ0) is 12.4. The van der Waals surface area contributed by atoms with Gasteiger partial charge in [0.2, 0.25) is 0 Å². The molecule has 0 N–H and O–H groups in total. The van der Waals surface area contributed by atoms with Gasteiger partial charge in [0.1, 0.15) is 5.69 Å². The lowest BCUT2D eigenvalue weighted by molar-refractivity contribution is -0.141.